The molecule has 0 bridgehead atoms. The average Bonchev–Trinajstić information content (AvgIpc) is 3.28. The van der Waals surface area contributed by atoms with Gasteiger partial charge in [0.25, 0.3) is 0 Å². The zero-order chi connectivity index (χ0) is 17.9. The van der Waals surface area contributed by atoms with Crippen LogP contribution in [0.5, 0.6) is 0 Å². The van der Waals surface area contributed by atoms with Gasteiger partial charge in [-0.2, -0.15) is 4.98 Å². The molecule has 0 fully saturated rings. The van der Waals surface area contributed by atoms with Crippen LogP contribution >= 0.6 is 0 Å². The second kappa shape index (κ2) is 6.75. The van der Waals surface area contributed by atoms with Gasteiger partial charge in [0.15, 0.2) is 0 Å². The third-order valence-corrected chi connectivity index (χ3v) is 3.96. The van der Waals surface area contributed by atoms with Crippen LogP contribution in [-0.2, 0) is 17.8 Å². The van der Waals surface area contributed by atoms with E-state index in [9.17, 15) is 4.79 Å². The first-order chi connectivity index (χ1) is 12.7. The van der Waals surface area contributed by atoms with Crippen molar-refractivity contribution in [2.24, 2.45) is 0 Å². The number of hydrogen-bond donors (Lipinski definition) is 1. The summed E-state index contributed by atoms with van der Waals surface area (Å²) in [5.41, 5.74) is 2.57. The molecule has 0 unspecified atom stereocenters. The summed E-state index contributed by atoms with van der Waals surface area (Å²) in [5, 5.41) is 3.94. The molecule has 8 nitrogen and oxygen atoms in total. The van der Waals surface area contributed by atoms with Crippen LogP contribution in [0.2, 0.25) is 0 Å². The number of aromatic nitrogens is 5. The van der Waals surface area contributed by atoms with Crippen molar-refractivity contribution >= 4 is 16.9 Å². The normalized spacial score (nSPS) is 11.0. The summed E-state index contributed by atoms with van der Waals surface area (Å²) in [6, 6.07) is 11.3. The van der Waals surface area contributed by atoms with E-state index in [1.54, 1.807) is 31.6 Å². The number of hydrogen-bond acceptors (Lipinski definition) is 6. The van der Waals surface area contributed by atoms with Gasteiger partial charge in [0.1, 0.15) is 5.82 Å². The molecule has 3 heterocycles. The molecule has 130 valence electrons. The Morgan fingerprint density at radius 1 is 1.15 bits per heavy atom. The molecule has 4 aromatic rings. The van der Waals surface area contributed by atoms with E-state index in [1.807, 2.05) is 24.3 Å². The molecule has 0 aliphatic rings. The number of nitrogens with one attached hydrogen (secondary N) is 1. The number of carbonyl (C=O) groups is 1. The van der Waals surface area contributed by atoms with E-state index >= 15 is 0 Å². The Hall–Kier alpha value is -3.55. The van der Waals surface area contributed by atoms with Crippen LogP contribution in [0.4, 0.5) is 0 Å². The van der Waals surface area contributed by atoms with Gasteiger partial charge in [-0.05, 0) is 24.3 Å². The summed E-state index contributed by atoms with van der Waals surface area (Å²) in [6.07, 6.45) is 3.50. The Balaban J connectivity index is 1.42. The van der Waals surface area contributed by atoms with Crippen LogP contribution in [0.25, 0.3) is 22.4 Å². The third-order valence-electron chi connectivity index (χ3n) is 3.96. The fraction of sp³-hybridized carbons (Fsp3) is 0.167. The quantitative estimate of drug-likeness (QED) is 0.593. The summed E-state index contributed by atoms with van der Waals surface area (Å²) >= 11 is 0. The second-order valence-corrected chi connectivity index (χ2v) is 5.87. The van der Waals surface area contributed by atoms with Crippen LogP contribution in [0.1, 0.15) is 11.7 Å². The molecule has 1 amide bonds. The van der Waals surface area contributed by atoms with Gasteiger partial charge in [0, 0.05) is 25.0 Å². The van der Waals surface area contributed by atoms with E-state index in [1.165, 1.54) is 4.90 Å². The number of rotatable bonds is 5. The number of pyridine rings is 1. The number of benzene rings is 1. The lowest BCUT2D eigenvalue weighted by atomic mass is 10.2. The van der Waals surface area contributed by atoms with Crippen LogP contribution in [-0.4, -0.2) is 42.9 Å². The first-order valence-electron chi connectivity index (χ1n) is 8.09. The molecule has 1 N–H and O–H groups in total. The van der Waals surface area contributed by atoms with Crippen molar-refractivity contribution in [3.63, 3.8) is 0 Å². The lowest BCUT2D eigenvalue weighted by Crippen LogP contribution is -2.28. The highest BCUT2D eigenvalue weighted by Gasteiger charge is 2.16. The summed E-state index contributed by atoms with van der Waals surface area (Å²) in [5.74, 6) is 1.39. The maximum Gasteiger partial charge on any atom is 0.246 e. The predicted molar refractivity (Wildman–Crippen MR) is 93.8 cm³/mol. The maximum absolute atomic E-state index is 12.4. The Morgan fingerprint density at radius 3 is 2.77 bits per heavy atom. The topological polar surface area (TPSA) is 101 Å². The van der Waals surface area contributed by atoms with Gasteiger partial charge >= 0.3 is 0 Å². The number of H-pyrrole nitrogens is 1. The molecule has 0 aliphatic heterocycles. The Morgan fingerprint density at radius 2 is 1.96 bits per heavy atom. The van der Waals surface area contributed by atoms with Gasteiger partial charge in [-0.15, -0.1) is 0 Å². The zero-order valence-corrected chi connectivity index (χ0v) is 14.1. The minimum atomic E-state index is -0.0901. The lowest BCUT2D eigenvalue weighted by Gasteiger charge is -2.13. The van der Waals surface area contributed by atoms with E-state index in [-0.39, 0.29) is 18.9 Å². The predicted octanol–water partition coefficient (Wildman–Crippen LogP) is 2.21. The SMILES string of the molecule is CN(Cc1nc(-c2ccncc2)no1)C(=O)Cc1nc2ccccc2[nH]1. The van der Waals surface area contributed by atoms with Crippen molar-refractivity contribution in [2.45, 2.75) is 13.0 Å². The highest BCUT2D eigenvalue weighted by Crippen LogP contribution is 2.15. The van der Waals surface area contributed by atoms with Gasteiger partial charge in [-0.1, -0.05) is 17.3 Å². The second-order valence-electron chi connectivity index (χ2n) is 5.87. The van der Waals surface area contributed by atoms with E-state index < -0.39 is 0 Å². The summed E-state index contributed by atoms with van der Waals surface area (Å²) in [6.45, 7) is 0.233. The summed E-state index contributed by atoms with van der Waals surface area (Å²) in [7, 11) is 1.70. The number of likely N-dealkylation sites (N-methyl/N-ethyl adjacent to an activating group) is 1. The Kier molecular flexibility index (Phi) is 4.14. The molecule has 0 saturated heterocycles. The highest BCUT2D eigenvalue weighted by atomic mass is 16.5. The van der Waals surface area contributed by atoms with Crippen molar-refractivity contribution in [2.75, 3.05) is 7.05 Å². The molecule has 0 aliphatic carbocycles. The molecular weight excluding hydrogens is 332 g/mol. The van der Waals surface area contributed by atoms with Gasteiger partial charge in [0.2, 0.25) is 17.6 Å². The van der Waals surface area contributed by atoms with E-state index in [0.717, 1.165) is 16.6 Å². The van der Waals surface area contributed by atoms with Crippen molar-refractivity contribution in [3.8, 4) is 11.4 Å². The zero-order valence-electron chi connectivity index (χ0n) is 14.1. The third kappa shape index (κ3) is 3.30. The number of carbonyl (C=O) groups excluding carboxylic acids is 1. The van der Waals surface area contributed by atoms with Crippen molar-refractivity contribution in [1.29, 1.82) is 0 Å². The van der Waals surface area contributed by atoms with E-state index in [0.29, 0.717) is 17.5 Å². The number of aromatic amines is 1. The molecule has 26 heavy (non-hydrogen) atoms. The van der Waals surface area contributed by atoms with E-state index in [4.69, 9.17) is 4.52 Å². The van der Waals surface area contributed by atoms with Crippen molar-refractivity contribution in [3.05, 3.63) is 60.5 Å². The average molecular weight is 348 g/mol. The number of imidazole rings is 1. The molecule has 1 aromatic carbocycles. The van der Waals surface area contributed by atoms with Gasteiger partial charge < -0.3 is 14.4 Å². The first kappa shape index (κ1) is 15.9. The van der Waals surface area contributed by atoms with Gasteiger partial charge in [-0.25, -0.2) is 4.98 Å². The Bertz CT molecular complexity index is 1010. The number of para-hydroxylation sites is 2. The molecule has 8 heteroatoms. The van der Waals surface area contributed by atoms with Crippen molar-refractivity contribution in [1.82, 2.24) is 30.0 Å². The molecule has 0 atom stereocenters. The molecule has 3 aromatic heterocycles. The minimum absolute atomic E-state index is 0.0901. The number of amides is 1. The molecule has 0 spiro atoms. The van der Waals surface area contributed by atoms with Crippen LogP contribution in [0.3, 0.4) is 0 Å². The smallest absolute Gasteiger partial charge is 0.246 e. The first-order valence-corrected chi connectivity index (χ1v) is 8.09. The van der Waals surface area contributed by atoms with Crippen LogP contribution in [0, 0.1) is 0 Å². The van der Waals surface area contributed by atoms with Crippen LogP contribution in [0.15, 0.2) is 53.3 Å². The lowest BCUT2D eigenvalue weighted by molar-refractivity contribution is -0.130. The van der Waals surface area contributed by atoms with Gasteiger partial charge in [-0.3, -0.25) is 9.78 Å². The summed E-state index contributed by atoms with van der Waals surface area (Å²) in [4.78, 5) is 29.8. The Labute approximate surface area is 148 Å². The standard InChI is InChI=1S/C18H16N6O2/c1-24(11-16-22-18(23-26-16)12-6-8-19-9-7-12)17(25)10-15-20-13-4-2-3-5-14(13)21-15/h2-9H,10-11H2,1H3,(H,20,21). The van der Waals surface area contributed by atoms with E-state index in [2.05, 4.69) is 25.1 Å². The fourth-order valence-electron chi connectivity index (χ4n) is 2.60. The molecule has 0 saturated carbocycles. The molecule has 4 rings (SSSR count). The molecule has 0 radical (unpaired) electrons. The maximum atomic E-state index is 12.4. The monoisotopic (exact) mass is 348 g/mol. The number of fused-ring (bicyclic) bond motifs is 1. The van der Waals surface area contributed by atoms with Crippen LogP contribution < -0.4 is 0 Å². The van der Waals surface area contributed by atoms with Gasteiger partial charge in [0.05, 0.1) is 24.0 Å². The summed E-state index contributed by atoms with van der Waals surface area (Å²) < 4.78 is 5.24. The number of nitrogens with zero attached hydrogens (tertiary/aromatic N) is 5. The van der Waals surface area contributed by atoms with Crippen molar-refractivity contribution < 1.29 is 9.32 Å². The highest BCUT2D eigenvalue weighted by molar-refractivity contribution is 5.80. The molecular formula is C18H16N6O2. The fourth-order valence-corrected chi connectivity index (χ4v) is 2.60. The largest absolute Gasteiger partial charge is 0.342 e. The minimum Gasteiger partial charge on any atom is -0.342 e.